The summed E-state index contributed by atoms with van der Waals surface area (Å²) in [6, 6.07) is 1.15. The molecule has 0 aliphatic carbocycles. The van der Waals surface area contributed by atoms with Crippen LogP contribution < -0.4 is 0 Å². The zero-order valence-electron chi connectivity index (χ0n) is 11.1. The van der Waals surface area contributed by atoms with Crippen LogP contribution in [0.15, 0.2) is 0 Å². The van der Waals surface area contributed by atoms with E-state index >= 15 is 0 Å². The van der Waals surface area contributed by atoms with Gasteiger partial charge in [-0.2, -0.15) is 0 Å². The average molecular weight is 232 g/mol. The predicted octanol–water partition coefficient (Wildman–Crippen LogP) is 4.10. The van der Waals surface area contributed by atoms with Crippen molar-refractivity contribution in [2.45, 2.75) is 65.5 Å². The van der Waals surface area contributed by atoms with Gasteiger partial charge in [0.2, 0.25) is 0 Å². The minimum absolute atomic E-state index is 0.550. The predicted molar refractivity (Wildman–Crippen MR) is 68.4 cm³/mol. The lowest BCUT2D eigenvalue weighted by Gasteiger charge is -2.33. The van der Waals surface area contributed by atoms with Gasteiger partial charge in [-0.25, -0.2) is 0 Å². The van der Waals surface area contributed by atoms with Gasteiger partial charge in [-0.1, -0.05) is 40.0 Å². The molecule has 0 spiro atoms. The lowest BCUT2D eigenvalue weighted by molar-refractivity contribution is 0.174. The maximum absolute atomic E-state index is 5.99. The van der Waals surface area contributed by atoms with Crippen LogP contribution in [0.1, 0.15) is 53.9 Å². The molecule has 0 aliphatic heterocycles. The van der Waals surface area contributed by atoms with Crippen LogP contribution in [-0.4, -0.2) is 21.8 Å². The second kappa shape index (κ2) is 8.31. The van der Waals surface area contributed by atoms with Gasteiger partial charge in [-0.15, -0.1) is 0 Å². The van der Waals surface area contributed by atoms with Crippen molar-refractivity contribution in [3.05, 3.63) is 0 Å². The molecule has 0 aromatic heterocycles. The summed E-state index contributed by atoms with van der Waals surface area (Å²) >= 11 is 0. The van der Waals surface area contributed by atoms with Crippen molar-refractivity contribution in [2.75, 3.05) is 13.2 Å². The SMILES string of the molecule is CCCCC[Si](OCC)(OCC)C(C)C. The van der Waals surface area contributed by atoms with Crippen LogP contribution in [0.25, 0.3) is 0 Å². The fourth-order valence-electron chi connectivity index (χ4n) is 1.92. The molecule has 0 N–H and O–H groups in total. The molecule has 2 nitrogen and oxygen atoms in total. The highest BCUT2D eigenvalue weighted by Gasteiger charge is 2.39. The van der Waals surface area contributed by atoms with E-state index in [1.807, 2.05) is 0 Å². The molecule has 0 saturated heterocycles. The Morgan fingerprint density at radius 1 is 0.933 bits per heavy atom. The van der Waals surface area contributed by atoms with E-state index in [-0.39, 0.29) is 0 Å². The standard InChI is InChI=1S/C12H28O2Si/c1-6-9-10-11-15(12(4)5,13-7-2)14-8-3/h12H,6-11H2,1-5H3. The van der Waals surface area contributed by atoms with Gasteiger partial charge in [0.05, 0.1) is 0 Å². The van der Waals surface area contributed by atoms with Crippen LogP contribution >= 0.6 is 0 Å². The second-order valence-electron chi connectivity index (χ2n) is 4.29. The third-order valence-corrected chi connectivity index (χ3v) is 7.15. The number of hydrogen-bond donors (Lipinski definition) is 0. The zero-order valence-corrected chi connectivity index (χ0v) is 12.1. The van der Waals surface area contributed by atoms with Gasteiger partial charge in [0.1, 0.15) is 0 Å². The quantitative estimate of drug-likeness (QED) is 0.440. The van der Waals surface area contributed by atoms with Crippen molar-refractivity contribution in [1.82, 2.24) is 0 Å². The molecule has 0 radical (unpaired) electrons. The maximum Gasteiger partial charge on any atom is 0.340 e. The normalized spacial score (nSPS) is 12.4. The smallest absolute Gasteiger partial charge is 0.340 e. The van der Waals surface area contributed by atoms with Crippen molar-refractivity contribution in [3.8, 4) is 0 Å². The average Bonchev–Trinajstić information content (AvgIpc) is 2.18. The second-order valence-corrected chi connectivity index (χ2v) is 8.15. The van der Waals surface area contributed by atoms with E-state index in [2.05, 4.69) is 34.6 Å². The number of rotatable bonds is 9. The summed E-state index contributed by atoms with van der Waals surface area (Å²) in [5.74, 6) is 0. The summed E-state index contributed by atoms with van der Waals surface area (Å²) in [7, 11) is -1.91. The van der Waals surface area contributed by atoms with Crippen LogP contribution in [0.4, 0.5) is 0 Å². The van der Waals surface area contributed by atoms with Gasteiger partial charge in [0, 0.05) is 13.2 Å². The molecule has 0 rings (SSSR count). The minimum Gasteiger partial charge on any atom is -0.394 e. The zero-order chi connectivity index (χ0) is 11.7. The highest BCUT2D eigenvalue weighted by atomic mass is 28.4. The van der Waals surface area contributed by atoms with Gasteiger partial charge in [-0.3, -0.25) is 0 Å². The van der Waals surface area contributed by atoms with Crippen molar-refractivity contribution in [2.24, 2.45) is 0 Å². The first-order chi connectivity index (χ1) is 7.13. The van der Waals surface area contributed by atoms with Crippen molar-refractivity contribution in [1.29, 1.82) is 0 Å². The molecule has 0 heterocycles. The van der Waals surface area contributed by atoms with Gasteiger partial charge in [0.15, 0.2) is 0 Å². The van der Waals surface area contributed by atoms with E-state index in [4.69, 9.17) is 8.85 Å². The molecular weight excluding hydrogens is 204 g/mol. The van der Waals surface area contributed by atoms with Crippen LogP contribution in [0.3, 0.4) is 0 Å². The first kappa shape index (κ1) is 15.1. The summed E-state index contributed by atoms with van der Waals surface area (Å²) in [5, 5.41) is 0. The first-order valence-electron chi connectivity index (χ1n) is 6.40. The Morgan fingerprint density at radius 3 is 1.80 bits per heavy atom. The van der Waals surface area contributed by atoms with E-state index in [1.165, 1.54) is 19.3 Å². The van der Waals surface area contributed by atoms with Crippen LogP contribution in [0.2, 0.25) is 11.6 Å². The van der Waals surface area contributed by atoms with Crippen LogP contribution in [0, 0.1) is 0 Å². The lowest BCUT2D eigenvalue weighted by atomic mass is 10.3. The molecule has 0 aliphatic rings. The van der Waals surface area contributed by atoms with Gasteiger partial charge in [0.25, 0.3) is 0 Å². The van der Waals surface area contributed by atoms with E-state index < -0.39 is 8.56 Å². The molecular formula is C12H28O2Si. The third kappa shape index (κ3) is 5.14. The molecule has 0 fully saturated rings. The maximum atomic E-state index is 5.99. The van der Waals surface area contributed by atoms with Crippen molar-refractivity contribution in [3.63, 3.8) is 0 Å². The van der Waals surface area contributed by atoms with E-state index in [1.54, 1.807) is 0 Å². The first-order valence-corrected chi connectivity index (χ1v) is 8.50. The van der Waals surface area contributed by atoms with Gasteiger partial charge < -0.3 is 8.85 Å². The van der Waals surface area contributed by atoms with E-state index in [9.17, 15) is 0 Å². The molecule has 0 amide bonds. The molecule has 92 valence electrons. The Labute approximate surface area is 96.6 Å². The van der Waals surface area contributed by atoms with Crippen molar-refractivity contribution < 1.29 is 8.85 Å². The monoisotopic (exact) mass is 232 g/mol. The Balaban J connectivity index is 4.33. The summed E-state index contributed by atoms with van der Waals surface area (Å²) in [5.41, 5.74) is 0.550. The molecule has 0 saturated carbocycles. The molecule has 15 heavy (non-hydrogen) atoms. The summed E-state index contributed by atoms with van der Waals surface area (Å²) in [4.78, 5) is 0. The molecule has 0 atom stereocenters. The molecule has 0 bridgehead atoms. The summed E-state index contributed by atoms with van der Waals surface area (Å²) < 4.78 is 12.0. The summed E-state index contributed by atoms with van der Waals surface area (Å²) in [6.45, 7) is 12.4. The Kier molecular flexibility index (Phi) is 8.38. The molecule has 3 heteroatoms. The van der Waals surface area contributed by atoms with Crippen molar-refractivity contribution >= 4 is 8.56 Å². The van der Waals surface area contributed by atoms with E-state index in [0.717, 1.165) is 19.3 Å². The Morgan fingerprint density at radius 2 is 1.47 bits per heavy atom. The highest BCUT2D eigenvalue weighted by molar-refractivity contribution is 6.68. The highest BCUT2D eigenvalue weighted by Crippen LogP contribution is 2.29. The Bertz CT molecular complexity index is 143. The molecule has 0 aromatic rings. The van der Waals surface area contributed by atoms with Crippen LogP contribution in [-0.2, 0) is 8.85 Å². The fourth-order valence-corrected chi connectivity index (χ4v) is 5.25. The molecule has 0 unspecified atom stereocenters. The van der Waals surface area contributed by atoms with Gasteiger partial charge >= 0.3 is 8.56 Å². The van der Waals surface area contributed by atoms with Crippen LogP contribution in [0.5, 0.6) is 0 Å². The fraction of sp³-hybridized carbons (Fsp3) is 1.00. The minimum atomic E-state index is -1.91. The third-order valence-electron chi connectivity index (χ3n) is 2.79. The molecule has 0 aromatic carbocycles. The van der Waals surface area contributed by atoms with Gasteiger partial charge in [-0.05, 0) is 25.4 Å². The Hall–Kier alpha value is 0.137. The summed E-state index contributed by atoms with van der Waals surface area (Å²) in [6.07, 6.45) is 3.81. The number of unbranched alkanes of at least 4 members (excludes halogenated alkanes) is 2. The topological polar surface area (TPSA) is 18.5 Å². The number of hydrogen-bond acceptors (Lipinski definition) is 2. The lowest BCUT2D eigenvalue weighted by Crippen LogP contribution is -2.45. The largest absolute Gasteiger partial charge is 0.394 e. The van der Waals surface area contributed by atoms with E-state index in [0.29, 0.717) is 5.54 Å².